The van der Waals surface area contributed by atoms with E-state index in [1.165, 1.54) is 64.2 Å². The van der Waals surface area contributed by atoms with E-state index < -0.39 is 0 Å². The predicted octanol–water partition coefficient (Wildman–Crippen LogP) is 7.08. The molecule has 10 atom stereocenters. The summed E-state index contributed by atoms with van der Waals surface area (Å²) >= 11 is 0. The van der Waals surface area contributed by atoms with Gasteiger partial charge in [0.15, 0.2) is 0 Å². The maximum Gasteiger partial charge on any atom is 0.0607 e. The highest BCUT2D eigenvalue weighted by atomic mass is 16.3. The van der Waals surface area contributed by atoms with E-state index in [-0.39, 0.29) is 6.10 Å². The van der Waals surface area contributed by atoms with E-state index in [4.69, 9.17) is 0 Å². The molecule has 5 aliphatic rings. The maximum absolute atomic E-state index is 11.3. The molecule has 5 rings (SSSR count). The molecule has 1 spiro atoms. The first-order valence-corrected chi connectivity index (χ1v) is 12.9. The Balaban J connectivity index is 1.34. The van der Waals surface area contributed by atoms with E-state index in [1.54, 1.807) is 0 Å². The Labute approximate surface area is 174 Å². The summed E-state index contributed by atoms with van der Waals surface area (Å²) in [6.45, 7) is 12.6. The standard InChI is InChI=1S/C27H46O/c1-17(2)7-6-8-18(3)21-9-10-22-20-15-24(28)27-16-19(27)11-14-26(27,5)23(20)12-13-25(21,22)4/h17-24,28H,6-16H2,1-5H3/t18-,19+,20?,21-,22?,23?,24-,25-,26-,27?/m1/s1. The summed E-state index contributed by atoms with van der Waals surface area (Å²) in [7, 11) is 0. The van der Waals surface area contributed by atoms with E-state index in [9.17, 15) is 5.11 Å². The van der Waals surface area contributed by atoms with Gasteiger partial charge in [0, 0.05) is 5.41 Å². The second-order valence-electron chi connectivity index (χ2n) is 13.1. The molecule has 0 heterocycles. The first-order chi connectivity index (χ1) is 13.2. The lowest BCUT2D eigenvalue weighted by Gasteiger charge is -2.60. The summed E-state index contributed by atoms with van der Waals surface area (Å²) in [4.78, 5) is 0. The lowest BCUT2D eigenvalue weighted by atomic mass is 9.45. The monoisotopic (exact) mass is 386 g/mol. The Kier molecular flexibility index (Phi) is 4.60. The van der Waals surface area contributed by atoms with Gasteiger partial charge in [-0.25, -0.2) is 0 Å². The Morgan fingerprint density at radius 2 is 1.71 bits per heavy atom. The van der Waals surface area contributed by atoms with Crippen LogP contribution >= 0.6 is 0 Å². The summed E-state index contributed by atoms with van der Waals surface area (Å²) < 4.78 is 0. The molecule has 0 aromatic heterocycles. The fourth-order valence-electron chi connectivity index (χ4n) is 10.3. The van der Waals surface area contributed by atoms with Gasteiger partial charge in [0.25, 0.3) is 0 Å². The van der Waals surface area contributed by atoms with Crippen molar-refractivity contribution in [3.8, 4) is 0 Å². The van der Waals surface area contributed by atoms with Crippen molar-refractivity contribution in [3.63, 3.8) is 0 Å². The van der Waals surface area contributed by atoms with Gasteiger partial charge in [0.05, 0.1) is 6.10 Å². The minimum absolute atomic E-state index is 0.0103. The maximum atomic E-state index is 11.3. The van der Waals surface area contributed by atoms with E-state index >= 15 is 0 Å². The molecule has 0 aliphatic heterocycles. The van der Waals surface area contributed by atoms with Crippen LogP contribution in [0.25, 0.3) is 0 Å². The average Bonchev–Trinajstić information content (AvgIpc) is 3.15. The lowest BCUT2D eigenvalue weighted by Crippen LogP contribution is -2.56. The van der Waals surface area contributed by atoms with Gasteiger partial charge in [-0.15, -0.1) is 0 Å². The van der Waals surface area contributed by atoms with Gasteiger partial charge in [-0.1, -0.05) is 53.9 Å². The molecule has 5 fully saturated rings. The molecule has 5 aliphatic carbocycles. The van der Waals surface area contributed by atoms with Crippen LogP contribution in [0.3, 0.4) is 0 Å². The summed E-state index contributed by atoms with van der Waals surface area (Å²) in [5.41, 5.74) is 1.37. The normalized spacial score (nSPS) is 55.4. The SMILES string of the molecule is CC(C)CCC[C@@H](C)[C@H]1CCC2C3C[C@@H](O)C45C[C@@H]4CC[C@]5(C)C3CC[C@@]21C. The molecule has 1 N–H and O–H groups in total. The molecular weight excluding hydrogens is 340 g/mol. The summed E-state index contributed by atoms with van der Waals surface area (Å²) in [5, 5.41) is 11.3. The van der Waals surface area contributed by atoms with Crippen molar-refractivity contribution in [2.75, 3.05) is 0 Å². The number of aliphatic hydroxyl groups excluding tert-OH is 1. The van der Waals surface area contributed by atoms with Crippen LogP contribution in [0.1, 0.15) is 105 Å². The van der Waals surface area contributed by atoms with Crippen LogP contribution in [0.5, 0.6) is 0 Å². The average molecular weight is 387 g/mol. The molecule has 0 aromatic rings. The second-order valence-corrected chi connectivity index (χ2v) is 13.1. The Hall–Kier alpha value is -0.0400. The van der Waals surface area contributed by atoms with Gasteiger partial charge in [0.2, 0.25) is 0 Å². The topological polar surface area (TPSA) is 20.2 Å². The van der Waals surface area contributed by atoms with Gasteiger partial charge in [-0.05, 0) is 104 Å². The van der Waals surface area contributed by atoms with E-state index in [0.29, 0.717) is 16.2 Å². The van der Waals surface area contributed by atoms with Crippen molar-refractivity contribution < 1.29 is 5.11 Å². The highest BCUT2D eigenvalue weighted by molar-refractivity contribution is 5.25. The Morgan fingerprint density at radius 1 is 0.929 bits per heavy atom. The first-order valence-electron chi connectivity index (χ1n) is 12.9. The number of hydrogen-bond donors (Lipinski definition) is 1. The minimum atomic E-state index is 0.0103. The van der Waals surface area contributed by atoms with Crippen molar-refractivity contribution >= 4 is 0 Å². The predicted molar refractivity (Wildman–Crippen MR) is 117 cm³/mol. The zero-order valence-corrected chi connectivity index (χ0v) is 19.3. The highest BCUT2D eigenvalue weighted by Gasteiger charge is 2.77. The molecule has 5 saturated carbocycles. The summed E-state index contributed by atoms with van der Waals surface area (Å²) in [6, 6.07) is 0. The van der Waals surface area contributed by atoms with Gasteiger partial charge >= 0.3 is 0 Å². The molecule has 4 unspecified atom stereocenters. The van der Waals surface area contributed by atoms with Gasteiger partial charge in [-0.2, -0.15) is 0 Å². The number of fused-ring (bicyclic) bond motifs is 4. The van der Waals surface area contributed by atoms with Crippen LogP contribution in [-0.2, 0) is 0 Å². The highest BCUT2D eigenvalue weighted by Crippen LogP contribution is 2.81. The molecule has 1 nitrogen and oxygen atoms in total. The second kappa shape index (κ2) is 6.48. The van der Waals surface area contributed by atoms with Crippen LogP contribution in [0, 0.1) is 57.7 Å². The molecule has 28 heavy (non-hydrogen) atoms. The zero-order chi connectivity index (χ0) is 19.9. The zero-order valence-electron chi connectivity index (χ0n) is 19.3. The first kappa shape index (κ1) is 19.9. The third-order valence-corrected chi connectivity index (χ3v) is 11.8. The number of hydrogen-bond acceptors (Lipinski definition) is 1. The molecule has 0 amide bonds. The number of rotatable bonds is 5. The van der Waals surface area contributed by atoms with Gasteiger partial charge < -0.3 is 5.11 Å². The van der Waals surface area contributed by atoms with E-state index in [2.05, 4.69) is 34.6 Å². The van der Waals surface area contributed by atoms with Crippen LogP contribution in [0.2, 0.25) is 0 Å². The van der Waals surface area contributed by atoms with Crippen molar-refractivity contribution in [2.24, 2.45) is 57.7 Å². The van der Waals surface area contributed by atoms with Gasteiger partial charge in [0.1, 0.15) is 0 Å². The molecule has 0 saturated heterocycles. The molecule has 1 heteroatoms. The smallest absolute Gasteiger partial charge is 0.0607 e. The van der Waals surface area contributed by atoms with E-state index in [1.807, 2.05) is 0 Å². The van der Waals surface area contributed by atoms with Crippen molar-refractivity contribution in [1.82, 2.24) is 0 Å². The minimum Gasteiger partial charge on any atom is -0.393 e. The Morgan fingerprint density at radius 3 is 2.43 bits per heavy atom. The fraction of sp³-hybridized carbons (Fsp3) is 1.00. The summed E-state index contributed by atoms with van der Waals surface area (Å²) in [6.07, 6.45) is 15.4. The third-order valence-electron chi connectivity index (χ3n) is 11.8. The lowest BCUT2D eigenvalue weighted by molar-refractivity contribution is -0.152. The van der Waals surface area contributed by atoms with Crippen LogP contribution in [-0.4, -0.2) is 11.2 Å². The van der Waals surface area contributed by atoms with Gasteiger partial charge in [-0.3, -0.25) is 0 Å². The molecular formula is C27H46O. The van der Waals surface area contributed by atoms with Crippen LogP contribution in [0.15, 0.2) is 0 Å². The van der Waals surface area contributed by atoms with E-state index in [0.717, 1.165) is 47.8 Å². The summed E-state index contributed by atoms with van der Waals surface area (Å²) in [5.74, 6) is 6.17. The Bertz CT molecular complexity index is 611. The van der Waals surface area contributed by atoms with Crippen molar-refractivity contribution in [2.45, 2.75) is 111 Å². The molecule has 0 bridgehead atoms. The largest absolute Gasteiger partial charge is 0.393 e. The van der Waals surface area contributed by atoms with Crippen molar-refractivity contribution in [3.05, 3.63) is 0 Å². The molecule has 0 radical (unpaired) electrons. The van der Waals surface area contributed by atoms with Crippen molar-refractivity contribution in [1.29, 1.82) is 0 Å². The fourth-order valence-corrected chi connectivity index (χ4v) is 10.3. The molecule has 160 valence electrons. The van der Waals surface area contributed by atoms with Crippen LogP contribution < -0.4 is 0 Å². The number of aliphatic hydroxyl groups is 1. The third kappa shape index (κ3) is 2.47. The molecule has 0 aromatic carbocycles. The van der Waals surface area contributed by atoms with Crippen LogP contribution in [0.4, 0.5) is 0 Å². The quantitative estimate of drug-likeness (QED) is 0.535.